The summed E-state index contributed by atoms with van der Waals surface area (Å²) in [6.07, 6.45) is 1.22. The number of rotatable bonds is 5. The minimum atomic E-state index is -0.644. The average Bonchev–Trinajstić information content (AvgIpc) is 2.98. The van der Waals surface area contributed by atoms with Gasteiger partial charge in [-0.3, -0.25) is 4.79 Å². The maximum atomic E-state index is 11.6. The number of nitrogens with one attached hydrogen (secondary N) is 1. The Morgan fingerprint density at radius 3 is 2.84 bits per heavy atom. The van der Waals surface area contributed by atoms with E-state index in [1.807, 2.05) is 19.9 Å². The van der Waals surface area contributed by atoms with Crippen molar-refractivity contribution in [3.8, 4) is 0 Å². The molecular weight excluding hydrogens is 246 g/mol. The van der Waals surface area contributed by atoms with E-state index >= 15 is 0 Å². The van der Waals surface area contributed by atoms with Crippen LogP contribution in [0.25, 0.3) is 0 Å². The molecule has 0 bridgehead atoms. The highest BCUT2D eigenvalue weighted by Crippen LogP contribution is 2.23. The number of hydrogen-bond acceptors (Lipinski definition) is 4. The van der Waals surface area contributed by atoms with Crippen molar-refractivity contribution in [2.75, 3.05) is 6.54 Å². The predicted molar refractivity (Wildman–Crippen MR) is 68.8 cm³/mol. The van der Waals surface area contributed by atoms with Gasteiger partial charge in [0.05, 0.1) is 12.4 Å². The first-order chi connectivity index (χ1) is 9.08. The Morgan fingerprint density at radius 2 is 2.26 bits per heavy atom. The Balaban J connectivity index is 1.83. The SMILES string of the molecule is Cc1cc(C(O)CCNC(=O)c2ccco2)c(C)o1. The highest BCUT2D eigenvalue weighted by molar-refractivity contribution is 5.91. The zero-order valence-corrected chi connectivity index (χ0v) is 11.0. The maximum Gasteiger partial charge on any atom is 0.286 e. The van der Waals surface area contributed by atoms with E-state index in [-0.39, 0.29) is 11.7 Å². The number of hydrogen-bond donors (Lipinski definition) is 2. The van der Waals surface area contributed by atoms with E-state index in [0.717, 1.165) is 11.3 Å². The molecule has 0 spiro atoms. The molecule has 0 saturated heterocycles. The van der Waals surface area contributed by atoms with Crippen molar-refractivity contribution in [3.05, 3.63) is 47.3 Å². The standard InChI is InChI=1S/C14H17NO4/c1-9-8-11(10(2)19-9)12(16)5-6-15-14(17)13-4-3-7-18-13/h3-4,7-8,12,16H,5-6H2,1-2H3,(H,15,17). The van der Waals surface area contributed by atoms with Crippen LogP contribution < -0.4 is 5.32 Å². The Kier molecular flexibility index (Phi) is 4.06. The van der Waals surface area contributed by atoms with Crippen LogP contribution in [-0.4, -0.2) is 17.6 Å². The van der Waals surface area contributed by atoms with Crippen LogP contribution in [0.3, 0.4) is 0 Å². The molecule has 2 N–H and O–H groups in total. The lowest BCUT2D eigenvalue weighted by Crippen LogP contribution is -2.25. The van der Waals surface area contributed by atoms with E-state index < -0.39 is 6.10 Å². The van der Waals surface area contributed by atoms with Crippen LogP contribution in [0, 0.1) is 13.8 Å². The fraction of sp³-hybridized carbons (Fsp3) is 0.357. The first-order valence-corrected chi connectivity index (χ1v) is 6.14. The summed E-state index contributed by atoms with van der Waals surface area (Å²) >= 11 is 0. The average molecular weight is 263 g/mol. The highest BCUT2D eigenvalue weighted by atomic mass is 16.3. The molecule has 2 rings (SSSR count). The van der Waals surface area contributed by atoms with Gasteiger partial charge in [-0.05, 0) is 38.5 Å². The number of aliphatic hydroxyl groups is 1. The summed E-state index contributed by atoms with van der Waals surface area (Å²) in [4.78, 5) is 11.6. The third-order valence-electron chi connectivity index (χ3n) is 2.89. The van der Waals surface area contributed by atoms with Crippen LogP contribution in [0.5, 0.6) is 0 Å². The molecule has 0 radical (unpaired) electrons. The highest BCUT2D eigenvalue weighted by Gasteiger charge is 2.15. The molecule has 0 fully saturated rings. The third kappa shape index (κ3) is 3.26. The van der Waals surface area contributed by atoms with Gasteiger partial charge in [0.15, 0.2) is 5.76 Å². The fourth-order valence-corrected chi connectivity index (χ4v) is 1.95. The van der Waals surface area contributed by atoms with Gasteiger partial charge < -0.3 is 19.3 Å². The van der Waals surface area contributed by atoms with Crippen LogP contribution in [0.4, 0.5) is 0 Å². The second-order valence-electron chi connectivity index (χ2n) is 4.41. The summed E-state index contributed by atoms with van der Waals surface area (Å²) in [5.74, 6) is 1.47. The molecule has 1 atom stereocenters. The van der Waals surface area contributed by atoms with Gasteiger partial charge in [-0.1, -0.05) is 0 Å². The molecule has 1 unspecified atom stereocenters. The topological polar surface area (TPSA) is 75.6 Å². The van der Waals surface area contributed by atoms with E-state index in [0.29, 0.717) is 18.7 Å². The van der Waals surface area contributed by atoms with Crippen molar-refractivity contribution >= 4 is 5.91 Å². The Bertz CT molecular complexity index is 542. The van der Waals surface area contributed by atoms with Gasteiger partial charge in [0.25, 0.3) is 5.91 Å². The molecular formula is C14H17NO4. The van der Waals surface area contributed by atoms with E-state index in [1.165, 1.54) is 6.26 Å². The van der Waals surface area contributed by atoms with Gasteiger partial charge in [-0.2, -0.15) is 0 Å². The number of aryl methyl sites for hydroxylation is 2. The number of amides is 1. The lowest BCUT2D eigenvalue weighted by Gasteiger charge is -2.09. The number of carbonyl (C=O) groups excluding carboxylic acids is 1. The molecule has 2 aromatic rings. The Morgan fingerprint density at radius 1 is 1.47 bits per heavy atom. The summed E-state index contributed by atoms with van der Waals surface area (Å²) in [5.41, 5.74) is 0.768. The molecule has 5 nitrogen and oxygen atoms in total. The molecule has 0 aliphatic carbocycles. The molecule has 0 saturated carbocycles. The van der Waals surface area contributed by atoms with Crippen molar-refractivity contribution in [2.24, 2.45) is 0 Å². The van der Waals surface area contributed by atoms with Crippen LogP contribution in [-0.2, 0) is 0 Å². The van der Waals surface area contributed by atoms with E-state index in [4.69, 9.17) is 8.83 Å². The van der Waals surface area contributed by atoms with Crippen molar-refractivity contribution < 1.29 is 18.7 Å². The van der Waals surface area contributed by atoms with E-state index in [1.54, 1.807) is 12.1 Å². The van der Waals surface area contributed by atoms with Crippen LogP contribution in [0.1, 0.15) is 40.2 Å². The third-order valence-corrected chi connectivity index (χ3v) is 2.89. The monoisotopic (exact) mass is 263 g/mol. The minimum Gasteiger partial charge on any atom is -0.466 e. The van der Waals surface area contributed by atoms with E-state index in [9.17, 15) is 9.90 Å². The molecule has 102 valence electrons. The normalized spacial score (nSPS) is 12.4. The largest absolute Gasteiger partial charge is 0.466 e. The van der Waals surface area contributed by atoms with Gasteiger partial charge >= 0.3 is 0 Å². The molecule has 0 aliphatic rings. The fourth-order valence-electron chi connectivity index (χ4n) is 1.95. The summed E-state index contributed by atoms with van der Waals surface area (Å²) in [6, 6.07) is 5.06. The lowest BCUT2D eigenvalue weighted by molar-refractivity contribution is 0.0915. The van der Waals surface area contributed by atoms with Gasteiger partial charge in [0.1, 0.15) is 11.5 Å². The number of aliphatic hydroxyl groups excluding tert-OH is 1. The van der Waals surface area contributed by atoms with Crippen molar-refractivity contribution in [2.45, 2.75) is 26.4 Å². The van der Waals surface area contributed by atoms with Crippen LogP contribution in [0.2, 0.25) is 0 Å². The predicted octanol–water partition coefficient (Wildman–Crippen LogP) is 2.34. The minimum absolute atomic E-state index is 0.268. The van der Waals surface area contributed by atoms with E-state index in [2.05, 4.69) is 5.32 Å². The quantitative estimate of drug-likeness (QED) is 0.868. The summed E-state index contributed by atoms with van der Waals surface area (Å²) in [6.45, 7) is 4.01. The lowest BCUT2D eigenvalue weighted by atomic mass is 10.1. The molecule has 1 amide bonds. The van der Waals surface area contributed by atoms with Crippen LogP contribution >= 0.6 is 0 Å². The molecule has 2 aromatic heterocycles. The van der Waals surface area contributed by atoms with Gasteiger partial charge in [0, 0.05) is 12.1 Å². The smallest absolute Gasteiger partial charge is 0.286 e. The van der Waals surface area contributed by atoms with Gasteiger partial charge in [0.2, 0.25) is 0 Å². The number of carbonyl (C=O) groups is 1. The first-order valence-electron chi connectivity index (χ1n) is 6.14. The second kappa shape index (κ2) is 5.75. The van der Waals surface area contributed by atoms with Crippen molar-refractivity contribution in [1.29, 1.82) is 0 Å². The first kappa shape index (κ1) is 13.4. The number of furan rings is 2. The summed E-state index contributed by atoms with van der Waals surface area (Å²) < 4.78 is 10.3. The van der Waals surface area contributed by atoms with Crippen LogP contribution in [0.15, 0.2) is 33.3 Å². The second-order valence-corrected chi connectivity index (χ2v) is 4.41. The molecule has 0 aliphatic heterocycles. The Labute approximate surface area is 111 Å². The zero-order chi connectivity index (χ0) is 13.8. The zero-order valence-electron chi connectivity index (χ0n) is 11.0. The Hall–Kier alpha value is -2.01. The molecule has 5 heteroatoms. The molecule has 0 aromatic carbocycles. The molecule has 2 heterocycles. The maximum absolute atomic E-state index is 11.6. The van der Waals surface area contributed by atoms with Crippen molar-refractivity contribution in [3.63, 3.8) is 0 Å². The molecule has 19 heavy (non-hydrogen) atoms. The summed E-state index contributed by atoms with van der Waals surface area (Å²) in [5, 5.41) is 12.7. The summed E-state index contributed by atoms with van der Waals surface area (Å²) in [7, 11) is 0. The van der Waals surface area contributed by atoms with Gasteiger partial charge in [-0.15, -0.1) is 0 Å². The van der Waals surface area contributed by atoms with Crippen molar-refractivity contribution in [1.82, 2.24) is 5.32 Å². The van der Waals surface area contributed by atoms with Gasteiger partial charge in [-0.25, -0.2) is 0 Å².